The van der Waals surface area contributed by atoms with Crippen molar-refractivity contribution >= 4 is 11.6 Å². The van der Waals surface area contributed by atoms with Gasteiger partial charge in [-0.1, -0.05) is 35.9 Å². The van der Waals surface area contributed by atoms with Crippen LogP contribution in [0.15, 0.2) is 52.9 Å². The van der Waals surface area contributed by atoms with E-state index in [4.69, 9.17) is 4.42 Å². The van der Waals surface area contributed by atoms with E-state index in [1.165, 1.54) is 5.56 Å². The van der Waals surface area contributed by atoms with Crippen molar-refractivity contribution in [1.29, 1.82) is 0 Å². The van der Waals surface area contributed by atoms with Crippen LogP contribution in [0.25, 0.3) is 11.3 Å². The fourth-order valence-corrected chi connectivity index (χ4v) is 2.81. The summed E-state index contributed by atoms with van der Waals surface area (Å²) >= 11 is 0. The van der Waals surface area contributed by atoms with Crippen molar-refractivity contribution in [2.75, 3.05) is 5.32 Å². The van der Waals surface area contributed by atoms with E-state index in [2.05, 4.69) is 11.4 Å². The molecule has 0 bridgehead atoms. The summed E-state index contributed by atoms with van der Waals surface area (Å²) < 4.78 is 5.79. The Kier molecular flexibility index (Phi) is 4.26. The summed E-state index contributed by atoms with van der Waals surface area (Å²) in [5.41, 5.74) is 5.76. The summed E-state index contributed by atoms with van der Waals surface area (Å²) in [4.78, 5) is 12.6. The Morgan fingerprint density at radius 3 is 2.08 bits per heavy atom. The van der Waals surface area contributed by atoms with Crippen molar-refractivity contribution in [3.63, 3.8) is 0 Å². The second-order valence-corrected chi connectivity index (χ2v) is 6.28. The zero-order chi connectivity index (χ0) is 17.3. The molecule has 1 amide bonds. The SMILES string of the molecule is Cc1ccc(-c2cc(C(=O)Nc3cc(C)cc(C)c3)c(C)o2)cc1. The summed E-state index contributed by atoms with van der Waals surface area (Å²) in [6.45, 7) is 7.89. The number of amides is 1. The Morgan fingerprint density at radius 2 is 1.46 bits per heavy atom. The van der Waals surface area contributed by atoms with E-state index < -0.39 is 0 Å². The third kappa shape index (κ3) is 3.40. The summed E-state index contributed by atoms with van der Waals surface area (Å²) in [7, 11) is 0. The Morgan fingerprint density at radius 1 is 0.833 bits per heavy atom. The van der Waals surface area contributed by atoms with Gasteiger partial charge in [0.15, 0.2) is 0 Å². The third-order valence-electron chi connectivity index (χ3n) is 3.98. The minimum Gasteiger partial charge on any atom is -0.461 e. The number of carbonyl (C=O) groups excluding carboxylic acids is 1. The van der Waals surface area contributed by atoms with E-state index in [1.807, 2.05) is 64.1 Å². The molecular formula is C21H21NO2. The predicted octanol–water partition coefficient (Wildman–Crippen LogP) is 5.43. The van der Waals surface area contributed by atoms with Gasteiger partial charge in [-0.2, -0.15) is 0 Å². The molecule has 0 unspecified atom stereocenters. The average Bonchev–Trinajstić information content (AvgIpc) is 2.89. The Bertz CT molecular complexity index is 868. The highest BCUT2D eigenvalue weighted by Crippen LogP contribution is 2.26. The molecule has 0 fully saturated rings. The monoisotopic (exact) mass is 319 g/mol. The Balaban J connectivity index is 1.86. The lowest BCUT2D eigenvalue weighted by molar-refractivity contribution is 0.102. The molecule has 1 N–H and O–H groups in total. The van der Waals surface area contributed by atoms with Crippen LogP contribution >= 0.6 is 0 Å². The number of carbonyl (C=O) groups is 1. The van der Waals surface area contributed by atoms with Crippen molar-refractivity contribution < 1.29 is 9.21 Å². The number of hydrogen-bond donors (Lipinski definition) is 1. The second kappa shape index (κ2) is 6.36. The van der Waals surface area contributed by atoms with Gasteiger partial charge in [0.2, 0.25) is 0 Å². The lowest BCUT2D eigenvalue weighted by atomic mass is 10.1. The number of rotatable bonds is 3. The molecule has 3 rings (SSSR count). The molecule has 0 spiro atoms. The van der Waals surface area contributed by atoms with Gasteiger partial charge in [0, 0.05) is 11.3 Å². The van der Waals surface area contributed by atoms with Gasteiger partial charge in [0.05, 0.1) is 5.56 Å². The maximum Gasteiger partial charge on any atom is 0.259 e. The first-order valence-electron chi connectivity index (χ1n) is 7.99. The number of aryl methyl sites for hydroxylation is 4. The van der Waals surface area contributed by atoms with Crippen LogP contribution in [-0.4, -0.2) is 5.91 Å². The highest BCUT2D eigenvalue weighted by Gasteiger charge is 2.16. The molecule has 0 aliphatic rings. The minimum absolute atomic E-state index is 0.153. The number of nitrogens with one attached hydrogen (secondary N) is 1. The molecule has 122 valence electrons. The summed E-state index contributed by atoms with van der Waals surface area (Å²) in [5.74, 6) is 1.17. The summed E-state index contributed by atoms with van der Waals surface area (Å²) in [6.07, 6.45) is 0. The third-order valence-corrected chi connectivity index (χ3v) is 3.98. The fourth-order valence-electron chi connectivity index (χ4n) is 2.81. The number of hydrogen-bond acceptors (Lipinski definition) is 2. The van der Waals surface area contributed by atoms with Crippen molar-refractivity contribution in [3.05, 3.63) is 76.5 Å². The quantitative estimate of drug-likeness (QED) is 0.699. The molecule has 0 saturated carbocycles. The van der Waals surface area contributed by atoms with Crippen LogP contribution in [0.5, 0.6) is 0 Å². The second-order valence-electron chi connectivity index (χ2n) is 6.28. The molecule has 3 aromatic rings. The van der Waals surface area contributed by atoms with Gasteiger partial charge in [-0.05, 0) is 57.0 Å². The molecule has 0 aliphatic heterocycles. The van der Waals surface area contributed by atoms with Crippen molar-refractivity contribution in [3.8, 4) is 11.3 Å². The lowest BCUT2D eigenvalue weighted by Crippen LogP contribution is -2.12. The molecule has 3 nitrogen and oxygen atoms in total. The van der Waals surface area contributed by atoms with E-state index in [-0.39, 0.29) is 5.91 Å². The van der Waals surface area contributed by atoms with Crippen LogP contribution in [0.2, 0.25) is 0 Å². The van der Waals surface area contributed by atoms with Crippen LogP contribution in [-0.2, 0) is 0 Å². The van der Waals surface area contributed by atoms with Crippen molar-refractivity contribution in [1.82, 2.24) is 0 Å². The predicted molar refractivity (Wildman–Crippen MR) is 97.5 cm³/mol. The van der Waals surface area contributed by atoms with Crippen LogP contribution in [0.3, 0.4) is 0 Å². The van der Waals surface area contributed by atoms with E-state index >= 15 is 0 Å². The van der Waals surface area contributed by atoms with Gasteiger partial charge in [-0.25, -0.2) is 0 Å². The van der Waals surface area contributed by atoms with Crippen LogP contribution in [0, 0.1) is 27.7 Å². The first kappa shape index (κ1) is 16.1. The smallest absolute Gasteiger partial charge is 0.259 e. The van der Waals surface area contributed by atoms with E-state index in [1.54, 1.807) is 6.07 Å². The Labute approximate surface area is 142 Å². The van der Waals surface area contributed by atoms with Gasteiger partial charge >= 0.3 is 0 Å². The van der Waals surface area contributed by atoms with E-state index in [9.17, 15) is 4.79 Å². The molecule has 1 aromatic heterocycles. The first-order valence-corrected chi connectivity index (χ1v) is 7.99. The standard InChI is InChI=1S/C21H21NO2/c1-13-5-7-17(8-6-13)20-12-19(16(4)24-20)21(23)22-18-10-14(2)9-15(3)11-18/h5-12H,1-4H3,(H,22,23). The number of furan rings is 1. The van der Waals surface area contributed by atoms with Crippen molar-refractivity contribution in [2.45, 2.75) is 27.7 Å². The fraction of sp³-hybridized carbons (Fsp3) is 0.190. The molecule has 2 aromatic carbocycles. The maximum atomic E-state index is 12.6. The molecule has 0 radical (unpaired) electrons. The summed E-state index contributed by atoms with van der Waals surface area (Å²) in [5, 5.41) is 2.96. The van der Waals surface area contributed by atoms with Crippen molar-refractivity contribution in [2.24, 2.45) is 0 Å². The van der Waals surface area contributed by atoms with Crippen LogP contribution in [0.4, 0.5) is 5.69 Å². The van der Waals surface area contributed by atoms with Gasteiger partial charge < -0.3 is 9.73 Å². The van der Waals surface area contributed by atoms with E-state index in [0.29, 0.717) is 17.1 Å². The maximum absolute atomic E-state index is 12.6. The molecule has 0 aliphatic carbocycles. The van der Waals surface area contributed by atoms with Gasteiger partial charge in [-0.15, -0.1) is 0 Å². The average molecular weight is 319 g/mol. The van der Waals surface area contributed by atoms with Gasteiger partial charge in [-0.3, -0.25) is 4.79 Å². The van der Waals surface area contributed by atoms with Gasteiger partial charge in [0.25, 0.3) is 5.91 Å². The molecule has 0 atom stereocenters. The molecule has 0 saturated heterocycles. The largest absolute Gasteiger partial charge is 0.461 e. The topological polar surface area (TPSA) is 42.2 Å². The summed E-state index contributed by atoms with van der Waals surface area (Å²) in [6, 6.07) is 15.9. The highest BCUT2D eigenvalue weighted by atomic mass is 16.3. The zero-order valence-electron chi connectivity index (χ0n) is 14.4. The van der Waals surface area contributed by atoms with Crippen LogP contribution < -0.4 is 5.32 Å². The molecular weight excluding hydrogens is 298 g/mol. The van der Waals surface area contributed by atoms with Gasteiger partial charge in [0.1, 0.15) is 11.5 Å². The minimum atomic E-state index is -0.153. The van der Waals surface area contributed by atoms with Crippen LogP contribution in [0.1, 0.15) is 32.8 Å². The molecule has 24 heavy (non-hydrogen) atoms. The molecule has 3 heteroatoms. The van der Waals surface area contributed by atoms with E-state index in [0.717, 1.165) is 22.4 Å². The molecule has 1 heterocycles. The lowest BCUT2D eigenvalue weighted by Gasteiger charge is -2.06. The Hall–Kier alpha value is -2.81. The first-order chi connectivity index (χ1) is 11.4. The highest BCUT2D eigenvalue weighted by molar-refractivity contribution is 6.05. The number of anilines is 1. The zero-order valence-corrected chi connectivity index (χ0v) is 14.4. The normalized spacial score (nSPS) is 10.7. The number of benzene rings is 2.